The highest BCUT2D eigenvalue weighted by Gasteiger charge is 2.32. The van der Waals surface area contributed by atoms with Gasteiger partial charge in [0.25, 0.3) is 5.91 Å². The van der Waals surface area contributed by atoms with Crippen LogP contribution in [0.15, 0.2) is 30.3 Å². The molecule has 1 amide bonds. The van der Waals surface area contributed by atoms with Gasteiger partial charge in [-0.3, -0.25) is 4.79 Å². The normalized spacial score (nSPS) is 20.1. The maximum Gasteiger partial charge on any atom is 0.255 e. The first-order valence-electron chi connectivity index (χ1n) is 12.2. The first-order chi connectivity index (χ1) is 17.0. The number of rotatable bonds is 7. The molecule has 1 fully saturated rings. The van der Waals surface area contributed by atoms with E-state index >= 15 is 0 Å². The second-order valence-corrected chi connectivity index (χ2v) is 9.73. The summed E-state index contributed by atoms with van der Waals surface area (Å²) in [6.45, 7) is 6.11. The Morgan fingerprint density at radius 3 is 3.00 bits per heavy atom. The average molecular weight is 498 g/mol. The molecule has 0 aliphatic carbocycles. The average Bonchev–Trinajstić information content (AvgIpc) is 3.47. The molecule has 0 radical (unpaired) electrons. The molecule has 0 bridgehead atoms. The first kappa shape index (κ1) is 23.9. The molecule has 1 aromatic heterocycles. The van der Waals surface area contributed by atoms with Crippen molar-refractivity contribution in [3.05, 3.63) is 52.3 Å². The van der Waals surface area contributed by atoms with E-state index < -0.39 is 0 Å². The van der Waals surface area contributed by atoms with Gasteiger partial charge in [0.1, 0.15) is 11.6 Å². The van der Waals surface area contributed by atoms with E-state index in [0.717, 1.165) is 55.9 Å². The first-order valence-corrected chi connectivity index (χ1v) is 12.6. The number of imidazole rings is 1. The second kappa shape index (κ2) is 10.0. The van der Waals surface area contributed by atoms with E-state index in [9.17, 15) is 4.79 Å². The van der Waals surface area contributed by atoms with Crippen molar-refractivity contribution < 1.29 is 14.3 Å². The number of para-hydroxylation sites is 2. The number of methoxy groups -OCH3 is 1. The number of halogens is 1. The summed E-state index contributed by atoms with van der Waals surface area (Å²) < 4.78 is 13.8. The van der Waals surface area contributed by atoms with Gasteiger partial charge in [0.05, 0.1) is 46.1 Å². The van der Waals surface area contributed by atoms with Crippen molar-refractivity contribution in [3.8, 4) is 5.75 Å². The Morgan fingerprint density at radius 2 is 2.17 bits per heavy atom. The molecule has 2 atom stereocenters. The summed E-state index contributed by atoms with van der Waals surface area (Å²) in [6, 6.07) is 9.78. The molecule has 2 aromatic carbocycles. The lowest BCUT2D eigenvalue weighted by molar-refractivity contribution is 0.00586. The molecular weight excluding hydrogens is 466 g/mol. The number of ether oxygens (including phenoxy) is 2. The SMILES string of the molecule is CO[C@@H]1CN(CCCn2c(C)nc3ccccc32)CC[C@@H]1NC(=O)c1cc(Cl)c(N)c2c1OCC2. The number of aromatic nitrogens is 2. The number of anilines is 1. The molecule has 5 rings (SSSR count). The quantitative estimate of drug-likeness (QED) is 0.486. The number of hydrogen-bond donors (Lipinski definition) is 2. The molecule has 9 heteroatoms. The zero-order valence-corrected chi connectivity index (χ0v) is 21.0. The highest BCUT2D eigenvalue weighted by Crippen LogP contribution is 2.38. The van der Waals surface area contributed by atoms with Gasteiger partial charge in [-0.15, -0.1) is 0 Å². The summed E-state index contributed by atoms with van der Waals surface area (Å²) in [5.41, 5.74) is 10.1. The van der Waals surface area contributed by atoms with Crippen LogP contribution in [-0.2, 0) is 17.7 Å². The zero-order valence-electron chi connectivity index (χ0n) is 20.2. The molecule has 3 heterocycles. The molecule has 0 saturated carbocycles. The second-order valence-electron chi connectivity index (χ2n) is 9.32. The highest BCUT2D eigenvalue weighted by atomic mass is 35.5. The molecule has 1 saturated heterocycles. The summed E-state index contributed by atoms with van der Waals surface area (Å²) in [7, 11) is 1.70. The number of piperidine rings is 1. The third-order valence-corrected chi connectivity index (χ3v) is 7.49. The fourth-order valence-corrected chi connectivity index (χ4v) is 5.52. The van der Waals surface area contributed by atoms with E-state index in [1.165, 1.54) is 5.52 Å². The Labute approximate surface area is 210 Å². The fraction of sp³-hybridized carbons (Fsp3) is 0.462. The van der Waals surface area contributed by atoms with Gasteiger partial charge in [0.15, 0.2) is 0 Å². The number of amides is 1. The summed E-state index contributed by atoms with van der Waals surface area (Å²) in [5.74, 6) is 1.40. The number of nitrogens with one attached hydrogen (secondary N) is 1. The predicted octanol–water partition coefficient (Wildman–Crippen LogP) is 3.42. The molecule has 35 heavy (non-hydrogen) atoms. The van der Waals surface area contributed by atoms with Gasteiger partial charge in [-0.05, 0) is 44.5 Å². The lowest BCUT2D eigenvalue weighted by Gasteiger charge is -2.38. The molecule has 0 spiro atoms. The standard InChI is InChI=1S/C26H32ClN5O3/c1-16-29-20-6-3-4-7-22(20)32(16)11-5-10-31-12-8-21(23(15-31)34-2)30-26(33)18-14-19(27)24(28)17-9-13-35-25(17)18/h3-4,6-7,14,21,23H,5,8-13,15,28H2,1-2H3,(H,30,33)/t21-,23+/m0/s1. The van der Waals surface area contributed by atoms with Gasteiger partial charge in [0.2, 0.25) is 0 Å². The van der Waals surface area contributed by atoms with Crippen molar-refractivity contribution in [1.29, 1.82) is 0 Å². The van der Waals surface area contributed by atoms with E-state index in [0.29, 0.717) is 35.1 Å². The predicted molar refractivity (Wildman–Crippen MR) is 137 cm³/mol. The zero-order chi connectivity index (χ0) is 24.5. The van der Waals surface area contributed by atoms with Crippen LogP contribution in [0.2, 0.25) is 5.02 Å². The Morgan fingerprint density at radius 1 is 1.34 bits per heavy atom. The molecular formula is C26H32ClN5O3. The minimum atomic E-state index is -0.201. The number of nitrogens with zero attached hydrogens (tertiary/aromatic N) is 3. The number of carbonyl (C=O) groups is 1. The topological polar surface area (TPSA) is 94.6 Å². The summed E-state index contributed by atoms with van der Waals surface area (Å²) in [4.78, 5) is 20.2. The Bertz CT molecular complexity index is 1240. The number of aryl methyl sites for hydroxylation is 2. The maximum atomic E-state index is 13.2. The van der Waals surface area contributed by atoms with Crippen molar-refractivity contribution in [2.45, 2.75) is 44.9 Å². The highest BCUT2D eigenvalue weighted by molar-refractivity contribution is 6.33. The van der Waals surface area contributed by atoms with Crippen LogP contribution in [-0.4, -0.2) is 65.9 Å². The van der Waals surface area contributed by atoms with Crippen molar-refractivity contribution in [3.63, 3.8) is 0 Å². The van der Waals surface area contributed by atoms with Crippen LogP contribution in [0.25, 0.3) is 11.0 Å². The number of carbonyl (C=O) groups excluding carboxylic acids is 1. The van der Waals surface area contributed by atoms with Gasteiger partial charge in [-0.2, -0.15) is 0 Å². The molecule has 8 nitrogen and oxygen atoms in total. The smallest absolute Gasteiger partial charge is 0.255 e. The van der Waals surface area contributed by atoms with Crippen LogP contribution in [0.4, 0.5) is 5.69 Å². The van der Waals surface area contributed by atoms with Crippen molar-refractivity contribution in [1.82, 2.24) is 19.8 Å². The van der Waals surface area contributed by atoms with Gasteiger partial charge in [-0.1, -0.05) is 23.7 Å². The number of benzene rings is 2. The van der Waals surface area contributed by atoms with Gasteiger partial charge in [-0.25, -0.2) is 4.98 Å². The lowest BCUT2D eigenvalue weighted by Crippen LogP contribution is -2.55. The minimum Gasteiger partial charge on any atom is -0.492 e. The largest absolute Gasteiger partial charge is 0.492 e. The van der Waals surface area contributed by atoms with Crippen LogP contribution in [0.3, 0.4) is 0 Å². The molecule has 3 N–H and O–H groups in total. The molecule has 3 aromatic rings. The Balaban J connectivity index is 1.18. The van der Waals surface area contributed by atoms with Crippen LogP contribution >= 0.6 is 11.6 Å². The van der Waals surface area contributed by atoms with Crippen LogP contribution < -0.4 is 15.8 Å². The van der Waals surface area contributed by atoms with E-state index in [4.69, 9.17) is 26.8 Å². The Hall–Kier alpha value is -2.81. The number of likely N-dealkylation sites (tertiary alicyclic amines) is 1. The number of nitrogen functional groups attached to an aromatic ring is 1. The third-order valence-electron chi connectivity index (χ3n) is 7.18. The van der Waals surface area contributed by atoms with E-state index in [1.807, 2.05) is 6.07 Å². The third kappa shape index (κ3) is 4.70. The van der Waals surface area contributed by atoms with Crippen molar-refractivity contribution >= 4 is 34.2 Å². The number of nitrogens with two attached hydrogens (primary N) is 1. The van der Waals surface area contributed by atoms with E-state index in [2.05, 4.69) is 44.9 Å². The number of hydrogen-bond acceptors (Lipinski definition) is 6. The monoisotopic (exact) mass is 497 g/mol. The molecule has 2 aliphatic heterocycles. The number of fused-ring (bicyclic) bond motifs is 2. The van der Waals surface area contributed by atoms with Crippen LogP contribution in [0.5, 0.6) is 5.75 Å². The van der Waals surface area contributed by atoms with Crippen molar-refractivity contribution in [2.75, 3.05) is 39.1 Å². The van der Waals surface area contributed by atoms with E-state index in [1.54, 1.807) is 13.2 Å². The summed E-state index contributed by atoms with van der Waals surface area (Å²) in [6.07, 6.45) is 2.39. The van der Waals surface area contributed by atoms with Crippen LogP contribution in [0.1, 0.15) is 34.6 Å². The minimum absolute atomic E-state index is 0.0861. The maximum absolute atomic E-state index is 13.2. The Kier molecular flexibility index (Phi) is 6.86. The van der Waals surface area contributed by atoms with Gasteiger partial charge < -0.3 is 30.0 Å². The summed E-state index contributed by atoms with van der Waals surface area (Å²) in [5, 5.41) is 3.54. The molecule has 2 aliphatic rings. The van der Waals surface area contributed by atoms with E-state index in [-0.39, 0.29) is 18.1 Å². The molecule has 186 valence electrons. The molecule has 0 unspecified atom stereocenters. The lowest BCUT2D eigenvalue weighted by atomic mass is 10.00. The summed E-state index contributed by atoms with van der Waals surface area (Å²) >= 11 is 6.29. The van der Waals surface area contributed by atoms with Gasteiger partial charge >= 0.3 is 0 Å². The fourth-order valence-electron chi connectivity index (χ4n) is 5.30. The van der Waals surface area contributed by atoms with Crippen LogP contribution in [0, 0.1) is 6.92 Å². The van der Waals surface area contributed by atoms with Gasteiger partial charge in [0, 0.05) is 38.7 Å². The van der Waals surface area contributed by atoms with Crippen molar-refractivity contribution in [2.24, 2.45) is 0 Å².